The number of Topliss-reactive ketones (excluding diaryl/α,β-unsaturated/α-hetero) is 1. The fourth-order valence-electron chi connectivity index (χ4n) is 1.59. The van der Waals surface area contributed by atoms with Crippen molar-refractivity contribution in [3.8, 4) is 11.5 Å². The van der Waals surface area contributed by atoms with Gasteiger partial charge in [-0.1, -0.05) is 6.07 Å². The zero-order valence-corrected chi connectivity index (χ0v) is 10.1. The number of carbonyl (C=O) groups is 1. The molecule has 16 heavy (non-hydrogen) atoms. The smallest absolute Gasteiger partial charge is 0.129 e. The quantitative estimate of drug-likeness (QED) is 0.742. The van der Waals surface area contributed by atoms with Crippen LogP contribution < -0.4 is 9.47 Å². The Morgan fingerprint density at radius 2 is 2.00 bits per heavy atom. The molecule has 1 aromatic rings. The number of hydrogen-bond donors (Lipinski definition) is 0. The summed E-state index contributed by atoms with van der Waals surface area (Å²) >= 11 is 0. The monoisotopic (exact) mass is 222 g/mol. The van der Waals surface area contributed by atoms with Crippen LogP contribution >= 0.6 is 0 Å². The molecule has 0 N–H and O–H groups in total. The molecule has 0 fully saturated rings. The maximum atomic E-state index is 10.8. The number of ketones is 1. The molecule has 1 rings (SSSR count). The molecule has 3 heteroatoms. The van der Waals surface area contributed by atoms with Crippen LogP contribution in [0.3, 0.4) is 0 Å². The predicted octanol–water partition coefficient (Wildman–Crippen LogP) is 2.62. The molecule has 0 saturated heterocycles. The Balaban J connectivity index is 2.68. The second kappa shape index (κ2) is 6.16. The fourth-order valence-corrected chi connectivity index (χ4v) is 1.59. The van der Waals surface area contributed by atoms with Gasteiger partial charge >= 0.3 is 0 Å². The van der Waals surface area contributed by atoms with E-state index in [1.807, 2.05) is 18.2 Å². The highest BCUT2D eigenvalue weighted by molar-refractivity contribution is 5.75. The Labute approximate surface area is 96.4 Å². The number of carbonyl (C=O) groups excluding carboxylic acids is 1. The summed E-state index contributed by atoms with van der Waals surface area (Å²) in [6.45, 7) is 1.62. The van der Waals surface area contributed by atoms with Gasteiger partial charge in [0.05, 0.1) is 14.2 Å². The van der Waals surface area contributed by atoms with Crippen molar-refractivity contribution >= 4 is 5.78 Å². The fraction of sp³-hybridized carbons (Fsp3) is 0.462. The second-order valence-corrected chi connectivity index (χ2v) is 3.73. The Morgan fingerprint density at radius 3 is 2.56 bits per heavy atom. The lowest BCUT2D eigenvalue weighted by atomic mass is 10.1. The number of rotatable bonds is 6. The zero-order valence-electron chi connectivity index (χ0n) is 10.1. The van der Waals surface area contributed by atoms with Crippen LogP contribution in [0.1, 0.15) is 25.3 Å². The van der Waals surface area contributed by atoms with Gasteiger partial charge in [0.1, 0.15) is 17.3 Å². The van der Waals surface area contributed by atoms with Crippen molar-refractivity contribution in [2.75, 3.05) is 14.2 Å². The molecule has 0 amide bonds. The molecule has 0 spiro atoms. The Morgan fingerprint density at radius 1 is 1.25 bits per heavy atom. The first-order valence-electron chi connectivity index (χ1n) is 5.37. The first kappa shape index (κ1) is 12.6. The van der Waals surface area contributed by atoms with Gasteiger partial charge in [0.2, 0.25) is 0 Å². The first-order chi connectivity index (χ1) is 7.67. The number of ether oxygens (including phenoxy) is 2. The maximum absolute atomic E-state index is 10.8. The lowest BCUT2D eigenvalue weighted by molar-refractivity contribution is -0.117. The van der Waals surface area contributed by atoms with E-state index in [1.165, 1.54) is 0 Å². The van der Waals surface area contributed by atoms with Crippen molar-refractivity contribution in [2.24, 2.45) is 0 Å². The highest BCUT2D eigenvalue weighted by Crippen LogP contribution is 2.25. The Kier molecular flexibility index (Phi) is 4.83. The molecular weight excluding hydrogens is 204 g/mol. The van der Waals surface area contributed by atoms with Crippen LogP contribution in [-0.4, -0.2) is 20.0 Å². The van der Waals surface area contributed by atoms with Crippen LogP contribution in [-0.2, 0) is 11.2 Å². The molecule has 0 radical (unpaired) electrons. The molecule has 0 aliphatic rings. The molecule has 0 saturated carbocycles. The average molecular weight is 222 g/mol. The lowest BCUT2D eigenvalue weighted by Gasteiger charge is -2.09. The van der Waals surface area contributed by atoms with Crippen LogP contribution in [0.4, 0.5) is 0 Å². The summed E-state index contributed by atoms with van der Waals surface area (Å²) in [6, 6.07) is 5.76. The minimum absolute atomic E-state index is 0.229. The Bertz CT molecular complexity index is 358. The standard InChI is InChI=1S/C13H18O3/c1-10(14)5-4-6-11-7-8-12(15-2)9-13(11)16-3/h7-9H,4-6H2,1-3H3. The molecule has 0 heterocycles. The molecule has 0 aliphatic heterocycles. The van der Waals surface area contributed by atoms with Gasteiger partial charge in [0, 0.05) is 12.5 Å². The van der Waals surface area contributed by atoms with E-state index in [-0.39, 0.29) is 5.78 Å². The van der Waals surface area contributed by atoms with Gasteiger partial charge in [-0.3, -0.25) is 0 Å². The summed E-state index contributed by atoms with van der Waals surface area (Å²) < 4.78 is 10.4. The summed E-state index contributed by atoms with van der Waals surface area (Å²) in [5.74, 6) is 1.84. The average Bonchev–Trinajstić information content (AvgIpc) is 2.29. The van der Waals surface area contributed by atoms with Gasteiger partial charge in [-0.2, -0.15) is 0 Å². The number of benzene rings is 1. The summed E-state index contributed by atoms with van der Waals surface area (Å²) in [4.78, 5) is 10.8. The summed E-state index contributed by atoms with van der Waals surface area (Å²) in [5, 5.41) is 0. The van der Waals surface area contributed by atoms with Crippen LogP contribution in [0.15, 0.2) is 18.2 Å². The van der Waals surface area contributed by atoms with Crippen molar-refractivity contribution in [1.29, 1.82) is 0 Å². The van der Waals surface area contributed by atoms with Gasteiger partial charge in [-0.25, -0.2) is 0 Å². The second-order valence-electron chi connectivity index (χ2n) is 3.73. The largest absolute Gasteiger partial charge is 0.497 e. The lowest BCUT2D eigenvalue weighted by Crippen LogP contribution is -1.96. The van der Waals surface area contributed by atoms with E-state index in [9.17, 15) is 4.79 Å². The number of aryl methyl sites for hydroxylation is 1. The number of hydrogen-bond acceptors (Lipinski definition) is 3. The third-order valence-corrected chi connectivity index (χ3v) is 2.47. The first-order valence-corrected chi connectivity index (χ1v) is 5.37. The molecule has 0 aromatic heterocycles. The van der Waals surface area contributed by atoms with Gasteiger partial charge < -0.3 is 14.3 Å². The minimum atomic E-state index is 0.229. The van der Waals surface area contributed by atoms with E-state index >= 15 is 0 Å². The SMILES string of the molecule is COc1ccc(CCCC(C)=O)c(OC)c1. The van der Waals surface area contributed by atoms with Crippen LogP contribution in [0.2, 0.25) is 0 Å². The van der Waals surface area contributed by atoms with Gasteiger partial charge in [-0.15, -0.1) is 0 Å². The Hall–Kier alpha value is -1.51. The van der Waals surface area contributed by atoms with E-state index in [4.69, 9.17) is 9.47 Å². The summed E-state index contributed by atoms with van der Waals surface area (Å²) in [5.41, 5.74) is 1.12. The van der Waals surface area contributed by atoms with Crippen LogP contribution in [0, 0.1) is 0 Å². The van der Waals surface area contributed by atoms with Crippen molar-refractivity contribution in [3.63, 3.8) is 0 Å². The molecule has 0 unspecified atom stereocenters. The highest BCUT2D eigenvalue weighted by Gasteiger charge is 2.05. The van der Waals surface area contributed by atoms with E-state index in [1.54, 1.807) is 21.1 Å². The molecule has 0 atom stereocenters. The third-order valence-electron chi connectivity index (χ3n) is 2.47. The molecule has 0 bridgehead atoms. The van der Waals surface area contributed by atoms with E-state index in [0.717, 1.165) is 29.9 Å². The van der Waals surface area contributed by atoms with Gasteiger partial charge in [0.15, 0.2) is 0 Å². The summed E-state index contributed by atoms with van der Waals surface area (Å²) in [6.07, 6.45) is 2.33. The maximum Gasteiger partial charge on any atom is 0.129 e. The normalized spacial score (nSPS) is 9.94. The molecule has 3 nitrogen and oxygen atoms in total. The molecule has 0 aliphatic carbocycles. The van der Waals surface area contributed by atoms with E-state index in [0.29, 0.717) is 6.42 Å². The third kappa shape index (κ3) is 3.57. The van der Waals surface area contributed by atoms with Crippen LogP contribution in [0.5, 0.6) is 11.5 Å². The van der Waals surface area contributed by atoms with E-state index < -0.39 is 0 Å². The molecule has 88 valence electrons. The predicted molar refractivity (Wildman–Crippen MR) is 63.2 cm³/mol. The highest BCUT2D eigenvalue weighted by atomic mass is 16.5. The summed E-state index contributed by atoms with van der Waals surface area (Å²) in [7, 11) is 3.27. The van der Waals surface area contributed by atoms with Gasteiger partial charge in [0.25, 0.3) is 0 Å². The number of methoxy groups -OCH3 is 2. The zero-order chi connectivity index (χ0) is 12.0. The minimum Gasteiger partial charge on any atom is -0.497 e. The van der Waals surface area contributed by atoms with Crippen molar-refractivity contribution in [3.05, 3.63) is 23.8 Å². The molecular formula is C13H18O3. The van der Waals surface area contributed by atoms with Crippen molar-refractivity contribution < 1.29 is 14.3 Å². The molecule has 1 aromatic carbocycles. The van der Waals surface area contributed by atoms with Gasteiger partial charge in [-0.05, 0) is 31.4 Å². The van der Waals surface area contributed by atoms with Crippen molar-refractivity contribution in [2.45, 2.75) is 26.2 Å². The topological polar surface area (TPSA) is 35.5 Å². The van der Waals surface area contributed by atoms with E-state index in [2.05, 4.69) is 0 Å². The van der Waals surface area contributed by atoms with Crippen molar-refractivity contribution in [1.82, 2.24) is 0 Å². The van der Waals surface area contributed by atoms with Crippen LogP contribution in [0.25, 0.3) is 0 Å².